The Labute approximate surface area is 403 Å². The van der Waals surface area contributed by atoms with E-state index >= 15 is 0 Å². The lowest BCUT2D eigenvalue weighted by molar-refractivity contribution is 0.767. The third-order valence-corrected chi connectivity index (χ3v) is 14.3. The van der Waals surface area contributed by atoms with Crippen LogP contribution in [-0.4, -0.2) is 4.57 Å². The van der Waals surface area contributed by atoms with Gasteiger partial charge >= 0.3 is 0 Å². The Morgan fingerprint density at radius 2 is 0.768 bits per heavy atom. The number of para-hydroxylation sites is 2. The van der Waals surface area contributed by atoms with Crippen LogP contribution in [0.1, 0.15) is 22.3 Å². The average Bonchev–Trinajstić information content (AvgIpc) is 3.92. The summed E-state index contributed by atoms with van der Waals surface area (Å²) < 4.78 is 2.48. The predicted octanol–water partition coefficient (Wildman–Crippen LogP) is 17.6. The molecule has 0 saturated heterocycles. The molecular formula is C67H46N2. The van der Waals surface area contributed by atoms with E-state index in [9.17, 15) is 0 Å². The van der Waals surface area contributed by atoms with Gasteiger partial charge in [0, 0.05) is 33.5 Å². The van der Waals surface area contributed by atoms with E-state index in [-0.39, 0.29) is 0 Å². The Kier molecular flexibility index (Phi) is 9.77. The molecular weight excluding hydrogens is 833 g/mol. The van der Waals surface area contributed by atoms with Gasteiger partial charge in [-0.05, 0) is 127 Å². The van der Waals surface area contributed by atoms with E-state index in [0.717, 1.165) is 33.9 Å². The Bertz CT molecular complexity index is 3780. The number of aromatic nitrogens is 1. The summed E-state index contributed by atoms with van der Waals surface area (Å²) in [6.07, 6.45) is 0. The molecule has 0 amide bonds. The van der Waals surface area contributed by atoms with E-state index < -0.39 is 5.41 Å². The molecule has 0 fully saturated rings. The lowest BCUT2D eigenvalue weighted by atomic mass is 9.67. The van der Waals surface area contributed by atoms with Crippen LogP contribution in [0.3, 0.4) is 0 Å². The molecule has 1 aliphatic rings. The molecule has 0 aliphatic heterocycles. The van der Waals surface area contributed by atoms with Crippen molar-refractivity contribution >= 4 is 38.9 Å². The Morgan fingerprint density at radius 1 is 0.275 bits per heavy atom. The first kappa shape index (κ1) is 40.3. The number of hydrogen-bond acceptors (Lipinski definition) is 1. The summed E-state index contributed by atoms with van der Waals surface area (Å²) in [6.45, 7) is 0. The summed E-state index contributed by atoms with van der Waals surface area (Å²) in [5.74, 6) is 0. The van der Waals surface area contributed by atoms with E-state index in [4.69, 9.17) is 0 Å². The zero-order valence-corrected chi connectivity index (χ0v) is 38.0. The van der Waals surface area contributed by atoms with Gasteiger partial charge in [0.1, 0.15) is 0 Å². The van der Waals surface area contributed by atoms with E-state index in [1.807, 2.05) is 0 Å². The van der Waals surface area contributed by atoms with Crippen molar-refractivity contribution < 1.29 is 0 Å². The summed E-state index contributed by atoms with van der Waals surface area (Å²) in [6, 6.07) is 102. The summed E-state index contributed by atoms with van der Waals surface area (Å²) in [5.41, 5.74) is 21.1. The minimum absolute atomic E-state index is 0.494. The second-order valence-electron chi connectivity index (χ2n) is 18.0. The Hall–Kier alpha value is -8.98. The molecule has 2 nitrogen and oxygen atoms in total. The van der Waals surface area contributed by atoms with Crippen LogP contribution in [0.25, 0.3) is 72.0 Å². The van der Waals surface area contributed by atoms with E-state index in [1.165, 1.54) is 77.4 Å². The van der Waals surface area contributed by atoms with Crippen molar-refractivity contribution in [3.63, 3.8) is 0 Å². The molecule has 13 rings (SSSR count). The van der Waals surface area contributed by atoms with Crippen molar-refractivity contribution in [2.24, 2.45) is 0 Å². The van der Waals surface area contributed by atoms with Gasteiger partial charge in [-0.25, -0.2) is 0 Å². The number of hydrogen-bond donors (Lipinski definition) is 0. The third-order valence-electron chi connectivity index (χ3n) is 14.3. The molecule has 0 bridgehead atoms. The van der Waals surface area contributed by atoms with Crippen molar-refractivity contribution in [2.45, 2.75) is 5.41 Å². The maximum absolute atomic E-state index is 2.48. The summed E-state index contributed by atoms with van der Waals surface area (Å²) in [7, 11) is 0. The zero-order chi connectivity index (χ0) is 45.7. The topological polar surface area (TPSA) is 8.17 Å². The van der Waals surface area contributed by atoms with Crippen molar-refractivity contribution in [2.75, 3.05) is 4.90 Å². The van der Waals surface area contributed by atoms with Gasteiger partial charge in [0.2, 0.25) is 0 Å². The maximum atomic E-state index is 2.48. The van der Waals surface area contributed by atoms with Crippen LogP contribution in [0.15, 0.2) is 279 Å². The van der Waals surface area contributed by atoms with Crippen molar-refractivity contribution in [1.29, 1.82) is 0 Å². The summed E-state index contributed by atoms with van der Waals surface area (Å²) in [5, 5.41) is 2.46. The van der Waals surface area contributed by atoms with E-state index in [2.05, 4.69) is 289 Å². The van der Waals surface area contributed by atoms with Crippen LogP contribution in [0, 0.1) is 0 Å². The standard InChI is InChI=1S/C67H46N2/c1-5-20-47(21-6-1)57-30-13-14-31-58(57)48-36-39-54(40-37-48)68(53-27-11-4-12-28-53)55-29-19-22-49(44-55)50-38-42-62-61-33-16-18-35-65(61)69(66(62)45-50)56-41-43-60-59-32-15-17-34-63(59)67(64(60)46-56,51-23-7-2-8-24-51)52-25-9-3-10-26-52/h1-46H. The monoisotopic (exact) mass is 878 g/mol. The van der Waals surface area contributed by atoms with Gasteiger partial charge in [-0.15, -0.1) is 0 Å². The molecule has 0 atom stereocenters. The van der Waals surface area contributed by atoms with Crippen LogP contribution < -0.4 is 4.90 Å². The number of benzene rings is 11. The summed E-state index contributed by atoms with van der Waals surface area (Å²) in [4.78, 5) is 2.36. The minimum Gasteiger partial charge on any atom is -0.310 e. The highest BCUT2D eigenvalue weighted by Crippen LogP contribution is 2.56. The highest BCUT2D eigenvalue weighted by Gasteiger charge is 2.46. The number of fused-ring (bicyclic) bond motifs is 6. The number of anilines is 3. The molecule has 1 aliphatic carbocycles. The SMILES string of the molecule is c1ccc(-c2ccccc2-c2ccc(N(c3ccccc3)c3cccc(-c4ccc5c6ccccc6n(-c6ccc7c(c6)C(c6ccccc6)(c6ccccc6)c6ccccc6-7)c5c4)c3)cc2)cc1. The van der Waals surface area contributed by atoms with Crippen molar-refractivity contribution in [1.82, 2.24) is 4.57 Å². The highest BCUT2D eigenvalue weighted by atomic mass is 15.1. The fourth-order valence-electron chi connectivity index (χ4n) is 11.2. The molecule has 0 unspecified atom stereocenters. The highest BCUT2D eigenvalue weighted by molar-refractivity contribution is 6.10. The van der Waals surface area contributed by atoms with Crippen LogP contribution in [0.4, 0.5) is 17.1 Å². The molecule has 0 radical (unpaired) electrons. The van der Waals surface area contributed by atoms with Crippen LogP contribution in [-0.2, 0) is 5.41 Å². The molecule has 11 aromatic carbocycles. The smallest absolute Gasteiger partial charge is 0.0714 e. The fraction of sp³-hybridized carbons (Fsp3) is 0.0149. The second-order valence-corrected chi connectivity index (χ2v) is 18.0. The van der Waals surface area contributed by atoms with Crippen LogP contribution in [0.2, 0.25) is 0 Å². The fourth-order valence-corrected chi connectivity index (χ4v) is 11.2. The minimum atomic E-state index is -0.494. The molecule has 69 heavy (non-hydrogen) atoms. The first-order chi connectivity index (χ1) is 34.2. The van der Waals surface area contributed by atoms with Gasteiger partial charge < -0.3 is 9.47 Å². The van der Waals surface area contributed by atoms with Gasteiger partial charge in [-0.3, -0.25) is 0 Å². The van der Waals surface area contributed by atoms with Crippen LogP contribution in [0.5, 0.6) is 0 Å². The first-order valence-electron chi connectivity index (χ1n) is 23.8. The largest absolute Gasteiger partial charge is 0.310 e. The quantitative estimate of drug-likeness (QED) is 0.140. The van der Waals surface area contributed by atoms with Gasteiger partial charge in [-0.1, -0.05) is 218 Å². The van der Waals surface area contributed by atoms with Gasteiger partial charge in [0.05, 0.1) is 16.4 Å². The lowest BCUT2D eigenvalue weighted by Crippen LogP contribution is -2.28. The van der Waals surface area contributed by atoms with E-state index in [0.29, 0.717) is 0 Å². The van der Waals surface area contributed by atoms with E-state index in [1.54, 1.807) is 0 Å². The number of rotatable bonds is 9. The van der Waals surface area contributed by atoms with Gasteiger partial charge in [-0.2, -0.15) is 0 Å². The lowest BCUT2D eigenvalue weighted by Gasteiger charge is -2.34. The molecule has 324 valence electrons. The van der Waals surface area contributed by atoms with Crippen molar-refractivity contribution in [3.05, 3.63) is 301 Å². The van der Waals surface area contributed by atoms with Crippen molar-refractivity contribution in [3.8, 4) is 50.2 Å². The Balaban J connectivity index is 0.942. The first-order valence-corrected chi connectivity index (χ1v) is 23.8. The van der Waals surface area contributed by atoms with Gasteiger partial charge in [0.25, 0.3) is 0 Å². The van der Waals surface area contributed by atoms with Gasteiger partial charge in [0.15, 0.2) is 0 Å². The second kappa shape index (κ2) is 16.7. The molecule has 0 N–H and O–H groups in total. The predicted molar refractivity (Wildman–Crippen MR) is 289 cm³/mol. The normalized spacial score (nSPS) is 12.5. The molecule has 1 aromatic heterocycles. The Morgan fingerprint density at radius 3 is 1.48 bits per heavy atom. The molecule has 0 spiro atoms. The zero-order valence-electron chi connectivity index (χ0n) is 38.0. The third kappa shape index (κ3) is 6.64. The molecule has 1 heterocycles. The molecule has 2 heteroatoms. The van der Waals surface area contributed by atoms with Crippen LogP contribution >= 0.6 is 0 Å². The average molecular weight is 879 g/mol. The maximum Gasteiger partial charge on any atom is 0.0714 e. The summed E-state index contributed by atoms with van der Waals surface area (Å²) >= 11 is 0. The molecule has 0 saturated carbocycles. The molecule has 12 aromatic rings. The number of nitrogens with zero attached hydrogens (tertiary/aromatic N) is 2.